The summed E-state index contributed by atoms with van der Waals surface area (Å²) in [6.07, 6.45) is 6.84. The molecule has 0 atom stereocenters. The second-order valence-electron chi connectivity index (χ2n) is 10.4. The predicted octanol–water partition coefficient (Wildman–Crippen LogP) is 4.36. The monoisotopic (exact) mass is 454 g/mol. The lowest BCUT2D eigenvalue weighted by Gasteiger charge is -2.35. The van der Waals surface area contributed by atoms with Crippen molar-refractivity contribution in [2.24, 2.45) is 0 Å². The number of fused-ring (bicyclic) bond motifs is 3. The Morgan fingerprint density at radius 1 is 1.12 bits per heavy atom. The van der Waals surface area contributed by atoms with E-state index < -0.39 is 0 Å². The summed E-state index contributed by atoms with van der Waals surface area (Å²) in [5.74, 6) is 0.758. The minimum absolute atomic E-state index is 0.00173. The van der Waals surface area contributed by atoms with E-state index in [0.29, 0.717) is 6.54 Å². The van der Waals surface area contributed by atoms with E-state index in [-0.39, 0.29) is 17.1 Å². The van der Waals surface area contributed by atoms with E-state index in [0.717, 1.165) is 47.6 Å². The van der Waals surface area contributed by atoms with Crippen LogP contribution in [0.1, 0.15) is 38.8 Å². The van der Waals surface area contributed by atoms with E-state index in [1.165, 1.54) is 16.8 Å². The molecule has 0 aliphatic carbocycles. The van der Waals surface area contributed by atoms with Gasteiger partial charge in [0.25, 0.3) is 5.56 Å². The van der Waals surface area contributed by atoms with Crippen LogP contribution in [0.3, 0.4) is 0 Å². The maximum atomic E-state index is 13.1. The molecule has 2 aliphatic rings. The second kappa shape index (κ2) is 7.45. The molecule has 0 unspecified atom stereocenters. The van der Waals surface area contributed by atoms with Crippen LogP contribution in [0.5, 0.6) is 0 Å². The number of aromatic amines is 1. The SMILES string of the molecule is CC(C)N1c2nc(-c3c[nH]c4ccc(N5CCc6ccncc6C5)cc34)cc(=O)n2CC1(C)C. The molecular weight excluding hydrogens is 424 g/mol. The van der Waals surface area contributed by atoms with Crippen LogP contribution in [-0.4, -0.2) is 37.6 Å². The minimum atomic E-state index is -0.154. The Balaban J connectivity index is 1.42. The van der Waals surface area contributed by atoms with E-state index in [1.807, 2.05) is 23.2 Å². The van der Waals surface area contributed by atoms with E-state index in [4.69, 9.17) is 4.98 Å². The lowest BCUT2D eigenvalue weighted by molar-refractivity contribution is 0.425. The topological polar surface area (TPSA) is 70.1 Å². The lowest BCUT2D eigenvalue weighted by Crippen LogP contribution is -2.45. The normalized spacial score (nSPS) is 16.9. The molecule has 1 aromatic carbocycles. The van der Waals surface area contributed by atoms with Gasteiger partial charge in [0.05, 0.1) is 17.8 Å². The largest absolute Gasteiger partial charge is 0.367 e. The molecule has 0 fully saturated rings. The van der Waals surface area contributed by atoms with E-state index in [2.05, 4.69) is 71.7 Å². The Hall–Kier alpha value is -3.61. The molecule has 0 radical (unpaired) electrons. The number of H-pyrrole nitrogens is 1. The number of hydrogen-bond donors (Lipinski definition) is 1. The number of aromatic nitrogens is 4. The average Bonchev–Trinajstić information content (AvgIpc) is 3.35. The fourth-order valence-corrected chi connectivity index (χ4v) is 5.75. The van der Waals surface area contributed by atoms with Gasteiger partial charge >= 0.3 is 0 Å². The Kier molecular flexibility index (Phi) is 4.59. The van der Waals surface area contributed by atoms with Crippen LogP contribution in [0, 0.1) is 0 Å². The van der Waals surface area contributed by atoms with Crippen molar-refractivity contribution in [2.45, 2.75) is 58.8 Å². The fraction of sp³-hybridized carbons (Fsp3) is 0.370. The number of benzene rings is 1. The summed E-state index contributed by atoms with van der Waals surface area (Å²) in [4.78, 5) is 30.5. The fourth-order valence-electron chi connectivity index (χ4n) is 5.75. The third-order valence-corrected chi connectivity index (χ3v) is 7.24. The third-order valence-electron chi connectivity index (χ3n) is 7.24. The van der Waals surface area contributed by atoms with Crippen molar-refractivity contribution in [3.63, 3.8) is 0 Å². The van der Waals surface area contributed by atoms with Crippen molar-refractivity contribution in [2.75, 3.05) is 16.3 Å². The molecule has 7 nitrogen and oxygen atoms in total. The van der Waals surface area contributed by atoms with Gasteiger partial charge in [-0.3, -0.25) is 14.3 Å². The highest BCUT2D eigenvalue weighted by atomic mass is 16.1. The zero-order valence-corrected chi connectivity index (χ0v) is 20.2. The van der Waals surface area contributed by atoms with E-state index >= 15 is 0 Å². The summed E-state index contributed by atoms with van der Waals surface area (Å²) in [7, 11) is 0. The Morgan fingerprint density at radius 3 is 2.79 bits per heavy atom. The molecular formula is C27H30N6O. The van der Waals surface area contributed by atoms with Crippen LogP contribution in [-0.2, 0) is 19.5 Å². The molecule has 7 heteroatoms. The Morgan fingerprint density at radius 2 is 1.97 bits per heavy atom. The van der Waals surface area contributed by atoms with Crippen LogP contribution in [0.25, 0.3) is 22.2 Å². The van der Waals surface area contributed by atoms with Crippen LogP contribution in [0.2, 0.25) is 0 Å². The van der Waals surface area contributed by atoms with Crippen molar-refractivity contribution >= 4 is 22.5 Å². The predicted molar refractivity (Wildman–Crippen MR) is 136 cm³/mol. The molecule has 174 valence electrons. The average molecular weight is 455 g/mol. The first-order valence-electron chi connectivity index (χ1n) is 12.0. The summed E-state index contributed by atoms with van der Waals surface area (Å²) >= 11 is 0. The Bertz CT molecular complexity index is 1460. The van der Waals surface area contributed by atoms with Crippen molar-refractivity contribution in [3.8, 4) is 11.3 Å². The van der Waals surface area contributed by atoms with Crippen molar-refractivity contribution in [1.29, 1.82) is 0 Å². The van der Waals surface area contributed by atoms with Gasteiger partial charge in [0.2, 0.25) is 5.95 Å². The quantitative estimate of drug-likeness (QED) is 0.498. The molecule has 0 saturated heterocycles. The smallest absolute Gasteiger partial charge is 0.255 e. The van der Waals surface area contributed by atoms with Crippen molar-refractivity contribution in [1.82, 2.24) is 19.5 Å². The number of anilines is 2. The zero-order valence-electron chi connectivity index (χ0n) is 20.2. The van der Waals surface area contributed by atoms with Gasteiger partial charge in [-0.25, -0.2) is 4.98 Å². The maximum absolute atomic E-state index is 13.1. The van der Waals surface area contributed by atoms with Crippen LogP contribution in [0.15, 0.2) is 53.7 Å². The molecule has 0 amide bonds. The van der Waals surface area contributed by atoms with E-state index in [1.54, 1.807) is 6.07 Å². The number of nitrogens with zero attached hydrogens (tertiary/aromatic N) is 5. The highest BCUT2D eigenvalue weighted by Crippen LogP contribution is 2.36. The molecule has 2 aliphatic heterocycles. The summed E-state index contributed by atoms with van der Waals surface area (Å²) in [6.45, 7) is 11.1. The van der Waals surface area contributed by atoms with E-state index in [9.17, 15) is 4.79 Å². The van der Waals surface area contributed by atoms with Crippen LogP contribution >= 0.6 is 0 Å². The number of rotatable bonds is 3. The highest BCUT2D eigenvalue weighted by Gasteiger charge is 2.39. The first-order valence-corrected chi connectivity index (χ1v) is 12.0. The molecule has 34 heavy (non-hydrogen) atoms. The summed E-state index contributed by atoms with van der Waals surface area (Å²) in [6, 6.07) is 10.6. The molecule has 6 rings (SSSR count). The molecule has 4 aromatic rings. The molecule has 1 N–H and O–H groups in total. The molecule has 3 aromatic heterocycles. The van der Waals surface area contributed by atoms with Gasteiger partial charge in [-0.05, 0) is 69.5 Å². The van der Waals surface area contributed by atoms with Crippen molar-refractivity contribution < 1.29 is 0 Å². The first-order chi connectivity index (χ1) is 16.3. The first kappa shape index (κ1) is 21.0. The zero-order chi connectivity index (χ0) is 23.6. The number of nitrogens with one attached hydrogen (secondary N) is 1. The van der Waals surface area contributed by atoms with Gasteiger partial charge < -0.3 is 14.8 Å². The maximum Gasteiger partial charge on any atom is 0.255 e. The van der Waals surface area contributed by atoms with Crippen LogP contribution < -0.4 is 15.4 Å². The summed E-state index contributed by atoms with van der Waals surface area (Å²) in [5.41, 5.74) is 6.41. The van der Waals surface area contributed by atoms with Gasteiger partial charge in [-0.2, -0.15) is 0 Å². The van der Waals surface area contributed by atoms with Gasteiger partial charge in [-0.15, -0.1) is 0 Å². The molecule has 0 saturated carbocycles. The Labute approximate surface area is 199 Å². The molecule has 0 spiro atoms. The highest BCUT2D eigenvalue weighted by molar-refractivity contribution is 5.96. The molecule has 5 heterocycles. The lowest BCUT2D eigenvalue weighted by atomic mass is 10.0. The summed E-state index contributed by atoms with van der Waals surface area (Å²) in [5, 5.41) is 1.08. The standard InChI is InChI=1S/C27H30N6O/c1-17(2)33-26-30-24(12-25(34)32(26)16-27(33,3)4)22-14-29-23-6-5-20(11-21(22)23)31-10-8-18-7-9-28-13-19(18)15-31/h5-7,9,11-14,17,29H,8,10,15-16H2,1-4H3. The number of pyridine rings is 1. The van der Waals surface area contributed by atoms with Crippen molar-refractivity contribution in [3.05, 3.63) is 70.4 Å². The van der Waals surface area contributed by atoms with Gasteiger partial charge in [0, 0.05) is 65.9 Å². The molecule has 0 bridgehead atoms. The number of hydrogen-bond acceptors (Lipinski definition) is 5. The summed E-state index contributed by atoms with van der Waals surface area (Å²) < 4.78 is 1.81. The second-order valence-corrected chi connectivity index (χ2v) is 10.4. The van der Waals surface area contributed by atoms with Gasteiger partial charge in [0.15, 0.2) is 0 Å². The van der Waals surface area contributed by atoms with Gasteiger partial charge in [0.1, 0.15) is 0 Å². The third kappa shape index (κ3) is 3.22. The minimum Gasteiger partial charge on any atom is -0.367 e. The van der Waals surface area contributed by atoms with Crippen LogP contribution in [0.4, 0.5) is 11.6 Å². The van der Waals surface area contributed by atoms with Gasteiger partial charge in [-0.1, -0.05) is 0 Å².